The molecule has 27 heavy (non-hydrogen) atoms. The van der Waals surface area contributed by atoms with Crippen LogP contribution in [-0.2, 0) is 4.79 Å². The van der Waals surface area contributed by atoms with E-state index in [2.05, 4.69) is 15.3 Å². The Labute approximate surface area is 166 Å². The predicted octanol–water partition coefficient (Wildman–Crippen LogP) is 5.03. The summed E-state index contributed by atoms with van der Waals surface area (Å²) >= 11 is 12.9. The van der Waals surface area contributed by atoms with E-state index in [4.69, 9.17) is 27.9 Å². The van der Waals surface area contributed by atoms with Crippen molar-refractivity contribution in [2.75, 3.05) is 11.9 Å². The SMILES string of the molecule is Cc1nc(NC(=O)COc2cc(Cl)ccc2Cl)sc1-c1nccn1C(F)F. The lowest BCUT2D eigenvalue weighted by atomic mass is 10.3. The number of thiazole rings is 1. The predicted molar refractivity (Wildman–Crippen MR) is 99.9 cm³/mol. The van der Waals surface area contributed by atoms with Crippen LogP contribution in [0, 0.1) is 6.92 Å². The smallest absolute Gasteiger partial charge is 0.320 e. The van der Waals surface area contributed by atoms with Crippen molar-refractivity contribution in [2.45, 2.75) is 13.5 Å². The fraction of sp³-hybridized carbons (Fsp3) is 0.188. The van der Waals surface area contributed by atoms with Gasteiger partial charge in [-0.1, -0.05) is 34.5 Å². The van der Waals surface area contributed by atoms with Crippen LogP contribution < -0.4 is 10.1 Å². The molecule has 3 aromatic rings. The zero-order chi connectivity index (χ0) is 19.6. The number of carbonyl (C=O) groups excluding carboxylic acids is 1. The van der Waals surface area contributed by atoms with E-state index in [1.807, 2.05) is 0 Å². The highest BCUT2D eigenvalue weighted by Gasteiger charge is 2.19. The third-order valence-corrected chi connectivity index (χ3v) is 4.99. The minimum atomic E-state index is -2.72. The molecule has 6 nitrogen and oxygen atoms in total. The molecule has 0 unspecified atom stereocenters. The lowest BCUT2D eigenvalue weighted by Crippen LogP contribution is -2.20. The standard InChI is InChI=1S/C16H12Cl2F2N4O2S/c1-8-13(14-21-4-5-24(14)15(19)20)27-16(22-8)23-12(25)7-26-11-6-9(17)2-3-10(11)18/h2-6,15H,7H2,1H3,(H,22,23,25). The first-order chi connectivity index (χ1) is 12.8. The number of benzene rings is 1. The monoisotopic (exact) mass is 432 g/mol. The van der Waals surface area contributed by atoms with Crippen LogP contribution in [0.1, 0.15) is 12.2 Å². The molecule has 3 rings (SSSR count). The number of alkyl halides is 2. The highest BCUT2D eigenvalue weighted by molar-refractivity contribution is 7.19. The number of ether oxygens (including phenoxy) is 1. The molecule has 0 atom stereocenters. The molecule has 2 aromatic heterocycles. The maximum Gasteiger partial charge on any atom is 0.320 e. The van der Waals surface area contributed by atoms with Crippen molar-refractivity contribution in [3.63, 3.8) is 0 Å². The van der Waals surface area contributed by atoms with Gasteiger partial charge in [0.2, 0.25) is 0 Å². The Morgan fingerprint density at radius 1 is 1.41 bits per heavy atom. The van der Waals surface area contributed by atoms with Gasteiger partial charge in [0, 0.05) is 23.5 Å². The summed E-state index contributed by atoms with van der Waals surface area (Å²) in [5.41, 5.74) is 0.474. The van der Waals surface area contributed by atoms with Gasteiger partial charge in [-0.05, 0) is 19.1 Å². The molecule has 0 saturated carbocycles. The normalized spacial score (nSPS) is 11.0. The van der Waals surface area contributed by atoms with Crippen LogP contribution in [0.15, 0.2) is 30.6 Å². The molecule has 1 aromatic carbocycles. The zero-order valence-corrected chi connectivity index (χ0v) is 16.1. The third kappa shape index (κ3) is 4.55. The molecule has 1 amide bonds. The molecule has 0 spiro atoms. The van der Waals surface area contributed by atoms with E-state index in [0.717, 1.165) is 15.9 Å². The van der Waals surface area contributed by atoms with E-state index in [-0.39, 0.29) is 23.3 Å². The van der Waals surface area contributed by atoms with Crippen LogP contribution in [0.4, 0.5) is 13.9 Å². The number of amides is 1. The second-order valence-corrected chi connectivity index (χ2v) is 7.12. The molecule has 11 heteroatoms. The molecule has 0 fully saturated rings. The van der Waals surface area contributed by atoms with E-state index < -0.39 is 12.5 Å². The van der Waals surface area contributed by atoms with Crippen molar-refractivity contribution in [2.24, 2.45) is 0 Å². The second-order valence-electron chi connectivity index (χ2n) is 5.28. The Morgan fingerprint density at radius 2 is 2.19 bits per heavy atom. The number of aryl methyl sites for hydroxylation is 1. The topological polar surface area (TPSA) is 69.0 Å². The zero-order valence-electron chi connectivity index (χ0n) is 13.7. The molecule has 0 aliphatic carbocycles. The summed E-state index contributed by atoms with van der Waals surface area (Å²) in [6, 6.07) is 4.64. The van der Waals surface area contributed by atoms with Crippen molar-refractivity contribution >= 4 is 45.6 Å². The Bertz CT molecular complexity index is 977. The Morgan fingerprint density at radius 3 is 2.93 bits per heavy atom. The Balaban J connectivity index is 1.68. The van der Waals surface area contributed by atoms with Gasteiger partial charge in [-0.2, -0.15) is 8.78 Å². The molecule has 1 N–H and O–H groups in total. The van der Waals surface area contributed by atoms with Crippen LogP contribution in [0.5, 0.6) is 5.75 Å². The Kier molecular flexibility index (Phi) is 5.93. The number of hydrogen-bond acceptors (Lipinski definition) is 5. The maximum atomic E-state index is 13.0. The number of halogens is 4. The van der Waals surface area contributed by atoms with Crippen molar-refractivity contribution < 1.29 is 18.3 Å². The van der Waals surface area contributed by atoms with Crippen molar-refractivity contribution in [1.29, 1.82) is 0 Å². The average molecular weight is 433 g/mol. The van der Waals surface area contributed by atoms with Crippen LogP contribution in [0.25, 0.3) is 10.7 Å². The molecule has 2 heterocycles. The second kappa shape index (κ2) is 8.20. The van der Waals surface area contributed by atoms with Crippen molar-refractivity contribution in [1.82, 2.24) is 14.5 Å². The lowest BCUT2D eigenvalue weighted by molar-refractivity contribution is -0.118. The molecule has 0 aliphatic heterocycles. The van der Waals surface area contributed by atoms with E-state index in [0.29, 0.717) is 20.6 Å². The number of rotatable bonds is 6. The van der Waals surface area contributed by atoms with Gasteiger partial charge >= 0.3 is 6.55 Å². The van der Waals surface area contributed by atoms with Crippen LogP contribution >= 0.6 is 34.5 Å². The molecule has 0 bridgehead atoms. The summed E-state index contributed by atoms with van der Waals surface area (Å²) < 4.78 is 32.1. The maximum absolute atomic E-state index is 13.0. The van der Waals surface area contributed by atoms with E-state index >= 15 is 0 Å². The quantitative estimate of drug-likeness (QED) is 0.592. The van der Waals surface area contributed by atoms with Crippen LogP contribution in [0.3, 0.4) is 0 Å². The summed E-state index contributed by atoms with van der Waals surface area (Å²) in [7, 11) is 0. The molecular formula is C16H12Cl2F2N4O2S. The average Bonchev–Trinajstić information content (AvgIpc) is 3.22. The van der Waals surface area contributed by atoms with Gasteiger partial charge in [0.05, 0.1) is 15.6 Å². The highest BCUT2D eigenvalue weighted by Crippen LogP contribution is 2.33. The van der Waals surface area contributed by atoms with Gasteiger partial charge in [0.15, 0.2) is 17.6 Å². The highest BCUT2D eigenvalue weighted by atomic mass is 35.5. The van der Waals surface area contributed by atoms with Gasteiger partial charge < -0.3 is 4.74 Å². The fourth-order valence-electron chi connectivity index (χ4n) is 2.19. The van der Waals surface area contributed by atoms with E-state index in [9.17, 15) is 13.6 Å². The van der Waals surface area contributed by atoms with E-state index in [1.165, 1.54) is 18.5 Å². The van der Waals surface area contributed by atoms with Gasteiger partial charge in [-0.25, -0.2) is 9.97 Å². The largest absolute Gasteiger partial charge is 0.482 e. The Hall–Kier alpha value is -2.23. The molecule has 0 aliphatic rings. The summed E-state index contributed by atoms with van der Waals surface area (Å²) in [4.78, 5) is 20.6. The molecule has 0 saturated heterocycles. The lowest BCUT2D eigenvalue weighted by Gasteiger charge is -2.07. The molecule has 0 radical (unpaired) electrons. The number of hydrogen-bond donors (Lipinski definition) is 1. The van der Waals surface area contributed by atoms with Gasteiger partial charge in [0.25, 0.3) is 5.91 Å². The van der Waals surface area contributed by atoms with Crippen molar-refractivity contribution in [3.05, 3.63) is 46.3 Å². The first-order valence-corrected chi connectivity index (χ1v) is 9.09. The van der Waals surface area contributed by atoms with Gasteiger partial charge in [0.1, 0.15) is 5.75 Å². The van der Waals surface area contributed by atoms with Crippen LogP contribution in [0.2, 0.25) is 10.0 Å². The van der Waals surface area contributed by atoms with Crippen LogP contribution in [-0.4, -0.2) is 27.0 Å². The number of nitrogens with one attached hydrogen (secondary N) is 1. The number of carbonyl (C=O) groups is 1. The molecular weight excluding hydrogens is 421 g/mol. The van der Waals surface area contributed by atoms with E-state index in [1.54, 1.807) is 19.1 Å². The van der Waals surface area contributed by atoms with Gasteiger partial charge in [-0.3, -0.25) is 14.7 Å². The minimum Gasteiger partial charge on any atom is -0.482 e. The summed E-state index contributed by atoms with van der Waals surface area (Å²) in [5, 5.41) is 3.55. The number of nitrogens with zero attached hydrogens (tertiary/aromatic N) is 3. The number of imidazole rings is 1. The molecule has 142 valence electrons. The fourth-order valence-corrected chi connectivity index (χ4v) is 3.51. The third-order valence-electron chi connectivity index (χ3n) is 3.38. The summed E-state index contributed by atoms with van der Waals surface area (Å²) in [6.07, 6.45) is 2.46. The number of anilines is 1. The first-order valence-electron chi connectivity index (χ1n) is 7.51. The number of aromatic nitrogens is 3. The van der Waals surface area contributed by atoms with Gasteiger partial charge in [-0.15, -0.1) is 0 Å². The summed E-state index contributed by atoms with van der Waals surface area (Å²) in [5.74, 6) is -0.125. The minimum absolute atomic E-state index is 0.0856. The van der Waals surface area contributed by atoms with Crippen molar-refractivity contribution in [3.8, 4) is 16.5 Å². The summed E-state index contributed by atoms with van der Waals surface area (Å²) in [6.45, 7) is -1.40. The first kappa shape index (κ1) is 19.5.